The molecule has 0 unspecified atom stereocenters. The Morgan fingerprint density at radius 2 is 2.20 bits per heavy atom. The van der Waals surface area contributed by atoms with Crippen LogP contribution in [-0.2, 0) is 6.42 Å². The molecule has 0 aliphatic heterocycles. The van der Waals surface area contributed by atoms with Crippen molar-refractivity contribution < 1.29 is 0 Å². The smallest absolute Gasteiger partial charge is 0.0693 e. The molecule has 0 radical (unpaired) electrons. The average Bonchev–Trinajstić information content (AvgIpc) is 2.51. The molecule has 2 aromatic heterocycles. The first-order valence-electron chi connectivity index (χ1n) is 5.19. The van der Waals surface area contributed by atoms with Crippen LogP contribution in [0.2, 0.25) is 5.02 Å². The van der Waals surface area contributed by atoms with Crippen LogP contribution >= 0.6 is 11.6 Å². The number of rotatable bonds is 3. The second-order valence-corrected chi connectivity index (χ2v) is 4.11. The summed E-state index contributed by atoms with van der Waals surface area (Å²) in [4.78, 5) is 0. The van der Waals surface area contributed by atoms with Gasteiger partial charge < -0.3 is 10.1 Å². The van der Waals surface area contributed by atoms with Crippen LogP contribution in [0.4, 0.5) is 0 Å². The quantitative estimate of drug-likeness (QED) is 0.851. The number of pyridine rings is 1. The molecule has 0 aliphatic carbocycles. The maximum Gasteiger partial charge on any atom is 0.0693 e. The summed E-state index contributed by atoms with van der Waals surface area (Å²) in [5.41, 5.74) is 9.08. The Balaban J connectivity index is 2.56. The molecule has 2 nitrogen and oxygen atoms in total. The van der Waals surface area contributed by atoms with Gasteiger partial charge in [0.05, 0.1) is 10.5 Å². The zero-order valence-corrected chi connectivity index (χ0v) is 9.59. The molecule has 0 amide bonds. The van der Waals surface area contributed by atoms with Gasteiger partial charge in [0.1, 0.15) is 0 Å². The molecule has 0 saturated heterocycles. The highest BCUT2D eigenvalue weighted by molar-refractivity contribution is 6.34. The lowest BCUT2D eigenvalue weighted by atomic mass is 10.2. The van der Waals surface area contributed by atoms with Gasteiger partial charge in [0.2, 0.25) is 0 Å². The summed E-state index contributed by atoms with van der Waals surface area (Å²) in [5.74, 6) is 0. The number of nitrogens with zero attached hydrogens (tertiary/aromatic N) is 1. The molecule has 0 atom stereocenters. The second kappa shape index (κ2) is 4.25. The molecule has 15 heavy (non-hydrogen) atoms. The van der Waals surface area contributed by atoms with Crippen molar-refractivity contribution in [2.45, 2.75) is 19.8 Å². The van der Waals surface area contributed by atoms with Gasteiger partial charge in [-0.05, 0) is 44.0 Å². The molecule has 0 fully saturated rings. The maximum absolute atomic E-state index is 6.27. The van der Waals surface area contributed by atoms with E-state index < -0.39 is 0 Å². The van der Waals surface area contributed by atoms with E-state index >= 15 is 0 Å². The number of nitrogens with two attached hydrogens (primary N) is 1. The highest BCUT2D eigenvalue weighted by atomic mass is 35.5. The van der Waals surface area contributed by atoms with Crippen LogP contribution < -0.4 is 5.73 Å². The minimum atomic E-state index is 0.719. The summed E-state index contributed by atoms with van der Waals surface area (Å²) in [6.45, 7) is 2.79. The van der Waals surface area contributed by atoms with Crippen LogP contribution in [0.5, 0.6) is 0 Å². The predicted octanol–water partition coefficient (Wildman–Crippen LogP) is 2.79. The Kier molecular flexibility index (Phi) is 2.98. The van der Waals surface area contributed by atoms with Crippen molar-refractivity contribution in [3.63, 3.8) is 0 Å². The number of hydrogen-bond acceptors (Lipinski definition) is 1. The summed E-state index contributed by atoms with van der Waals surface area (Å²) in [6.07, 6.45) is 4.04. The molecule has 2 rings (SSSR count). The normalized spacial score (nSPS) is 11.1. The van der Waals surface area contributed by atoms with Crippen LogP contribution in [0.1, 0.15) is 17.7 Å². The summed E-state index contributed by atoms with van der Waals surface area (Å²) in [6, 6.07) is 6.07. The summed E-state index contributed by atoms with van der Waals surface area (Å²) >= 11 is 6.27. The number of fused-ring (bicyclic) bond motifs is 1. The first-order valence-corrected chi connectivity index (χ1v) is 5.57. The predicted molar refractivity (Wildman–Crippen MR) is 64.5 cm³/mol. The van der Waals surface area contributed by atoms with Gasteiger partial charge in [-0.2, -0.15) is 0 Å². The van der Waals surface area contributed by atoms with Crippen LogP contribution in [0.3, 0.4) is 0 Å². The van der Waals surface area contributed by atoms with Gasteiger partial charge in [0.25, 0.3) is 0 Å². The van der Waals surface area contributed by atoms with Crippen molar-refractivity contribution in [3.05, 3.63) is 40.7 Å². The topological polar surface area (TPSA) is 30.4 Å². The van der Waals surface area contributed by atoms with E-state index in [2.05, 4.69) is 17.5 Å². The molecule has 80 valence electrons. The molecule has 3 heteroatoms. The summed E-state index contributed by atoms with van der Waals surface area (Å²) in [7, 11) is 0. The highest BCUT2D eigenvalue weighted by Crippen LogP contribution is 2.28. The minimum Gasteiger partial charge on any atom is -0.330 e. The van der Waals surface area contributed by atoms with Gasteiger partial charge in [-0.25, -0.2) is 0 Å². The first kappa shape index (κ1) is 10.5. The van der Waals surface area contributed by atoms with Gasteiger partial charge in [-0.1, -0.05) is 17.7 Å². The molecular weight excluding hydrogens is 208 g/mol. The van der Waals surface area contributed by atoms with E-state index in [4.69, 9.17) is 17.3 Å². The number of aromatic nitrogens is 1. The Hall–Kier alpha value is -0.990. The van der Waals surface area contributed by atoms with Crippen molar-refractivity contribution in [1.82, 2.24) is 4.40 Å². The SMILES string of the molecule is Cc1c(Cl)c2ccccn2c1CCCN. The van der Waals surface area contributed by atoms with Gasteiger partial charge >= 0.3 is 0 Å². The van der Waals surface area contributed by atoms with Gasteiger partial charge in [0, 0.05) is 11.9 Å². The van der Waals surface area contributed by atoms with Crippen molar-refractivity contribution in [2.24, 2.45) is 5.73 Å². The summed E-state index contributed by atoms with van der Waals surface area (Å²) < 4.78 is 2.16. The Morgan fingerprint density at radius 1 is 1.40 bits per heavy atom. The lowest BCUT2D eigenvalue weighted by Crippen LogP contribution is -2.02. The fraction of sp³-hybridized carbons (Fsp3) is 0.333. The largest absolute Gasteiger partial charge is 0.330 e. The number of aryl methyl sites for hydroxylation is 1. The van der Waals surface area contributed by atoms with E-state index in [0.29, 0.717) is 0 Å². The molecule has 0 spiro atoms. The van der Waals surface area contributed by atoms with Crippen molar-refractivity contribution in [1.29, 1.82) is 0 Å². The van der Waals surface area contributed by atoms with Crippen LogP contribution in [-0.4, -0.2) is 10.9 Å². The van der Waals surface area contributed by atoms with Crippen LogP contribution in [0, 0.1) is 6.92 Å². The van der Waals surface area contributed by atoms with E-state index in [0.717, 1.165) is 29.9 Å². The lowest BCUT2D eigenvalue weighted by molar-refractivity contribution is 0.797. The summed E-state index contributed by atoms with van der Waals surface area (Å²) in [5, 5.41) is 0.864. The monoisotopic (exact) mass is 222 g/mol. The molecule has 2 N–H and O–H groups in total. The maximum atomic E-state index is 6.27. The van der Waals surface area contributed by atoms with Gasteiger partial charge in [0.15, 0.2) is 0 Å². The number of halogens is 1. The first-order chi connectivity index (χ1) is 7.25. The molecule has 0 aromatic carbocycles. The zero-order chi connectivity index (χ0) is 10.8. The number of hydrogen-bond donors (Lipinski definition) is 1. The second-order valence-electron chi connectivity index (χ2n) is 3.73. The fourth-order valence-corrected chi connectivity index (χ4v) is 2.20. The highest BCUT2D eigenvalue weighted by Gasteiger charge is 2.11. The Labute approximate surface area is 94.7 Å². The fourth-order valence-electron chi connectivity index (χ4n) is 1.93. The molecule has 0 bridgehead atoms. The van der Waals surface area contributed by atoms with Gasteiger partial charge in [-0.15, -0.1) is 0 Å². The van der Waals surface area contributed by atoms with Crippen molar-refractivity contribution in [3.8, 4) is 0 Å². The van der Waals surface area contributed by atoms with E-state index in [1.165, 1.54) is 11.3 Å². The standard InChI is InChI=1S/C12H15ClN2/c1-9-10(6-4-7-14)15-8-3-2-5-11(15)12(9)13/h2-3,5,8H,4,6-7,14H2,1H3. The molecule has 2 heterocycles. The Bertz CT molecular complexity index is 474. The third-order valence-corrected chi connectivity index (χ3v) is 3.23. The van der Waals surface area contributed by atoms with Crippen LogP contribution in [0.15, 0.2) is 24.4 Å². The zero-order valence-electron chi connectivity index (χ0n) is 8.83. The van der Waals surface area contributed by atoms with Crippen molar-refractivity contribution >= 4 is 17.1 Å². The van der Waals surface area contributed by atoms with Gasteiger partial charge in [-0.3, -0.25) is 0 Å². The van der Waals surface area contributed by atoms with E-state index in [-0.39, 0.29) is 0 Å². The molecule has 0 saturated carbocycles. The molecular formula is C12H15ClN2. The van der Waals surface area contributed by atoms with E-state index in [9.17, 15) is 0 Å². The van der Waals surface area contributed by atoms with Crippen LogP contribution in [0.25, 0.3) is 5.52 Å². The van der Waals surface area contributed by atoms with E-state index in [1.807, 2.05) is 18.2 Å². The lowest BCUT2D eigenvalue weighted by Gasteiger charge is -2.02. The van der Waals surface area contributed by atoms with Crippen molar-refractivity contribution in [2.75, 3.05) is 6.54 Å². The molecule has 2 aromatic rings. The third kappa shape index (κ3) is 1.75. The minimum absolute atomic E-state index is 0.719. The van der Waals surface area contributed by atoms with E-state index in [1.54, 1.807) is 0 Å². The molecule has 0 aliphatic rings. The Morgan fingerprint density at radius 3 is 2.93 bits per heavy atom. The average molecular weight is 223 g/mol. The third-order valence-electron chi connectivity index (χ3n) is 2.76.